The topological polar surface area (TPSA) is 139 Å². The first-order valence-corrected chi connectivity index (χ1v) is 21.0. The van der Waals surface area contributed by atoms with Crippen molar-refractivity contribution in [3.05, 3.63) is 93.5 Å². The summed E-state index contributed by atoms with van der Waals surface area (Å²) in [6.45, 7) is 11.2. The number of nitrogens with one attached hydrogen (secondary N) is 2. The van der Waals surface area contributed by atoms with Crippen molar-refractivity contribution in [1.82, 2.24) is 40.3 Å². The van der Waals surface area contributed by atoms with Crippen LogP contribution in [0.15, 0.2) is 65.5 Å². The van der Waals surface area contributed by atoms with Crippen molar-refractivity contribution >= 4 is 40.0 Å². The number of nitrogens with zero attached hydrogens (tertiary/aromatic N) is 8. The lowest BCUT2D eigenvalue weighted by molar-refractivity contribution is -0.136. The first-order valence-electron chi connectivity index (χ1n) is 21.0. The molecule has 312 valence electrons. The maximum absolute atomic E-state index is 14.6. The van der Waals surface area contributed by atoms with E-state index >= 15 is 0 Å². The van der Waals surface area contributed by atoms with Crippen molar-refractivity contribution in [2.75, 3.05) is 89.3 Å². The first kappa shape index (κ1) is 40.5. The number of unbranched alkanes of at least 4 members (excludes halogenated alkanes) is 1. The third kappa shape index (κ3) is 8.87. The van der Waals surface area contributed by atoms with E-state index in [1.807, 2.05) is 19.1 Å². The second-order valence-corrected chi connectivity index (χ2v) is 16.9. The summed E-state index contributed by atoms with van der Waals surface area (Å²) < 4.78 is 15.7. The lowest BCUT2D eigenvalue weighted by atomic mass is 9.93. The van der Waals surface area contributed by atoms with Crippen LogP contribution in [0.1, 0.15) is 54.3 Å². The van der Waals surface area contributed by atoms with Crippen molar-refractivity contribution in [3.63, 3.8) is 0 Å². The van der Waals surface area contributed by atoms with E-state index in [9.17, 15) is 23.6 Å². The molecule has 4 aromatic rings. The summed E-state index contributed by atoms with van der Waals surface area (Å²) in [4.78, 5) is 61.9. The number of piperazine rings is 1. The Kier molecular flexibility index (Phi) is 12.0. The minimum absolute atomic E-state index is 0.0490. The number of benzene rings is 3. The van der Waals surface area contributed by atoms with Gasteiger partial charge in [0, 0.05) is 101 Å². The van der Waals surface area contributed by atoms with Crippen LogP contribution >= 0.6 is 0 Å². The minimum Gasteiger partial charge on any atom is -0.370 e. The Balaban J connectivity index is 0.740. The fourth-order valence-electron chi connectivity index (χ4n) is 9.13. The summed E-state index contributed by atoms with van der Waals surface area (Å²) in [7, 11) is 4.29. The number of imide groups is 1. The quantitative estimate of drug-likeness (QED) is 0.152. The van der Waals surface area contributed by atoms with Crippen LogP contribution in [0.2, 0.25) is 0 Å². The third-order valence-corrected chi connectivity index (χ3v) is 12.8. The Hall–Kier alpha value is -5.25. The van der Waals surface area contributed by atoms with Crippen molar-refractivity contribution in [2.24, 2.45) is 5.92 Å². The lowest BCUT2D eigenvalue weighted by Gasteiger charge is -2.40. The zero-order valence-electron chi connectivity index (χ0n) is 34.3. The monoisotopic (exact) mass is 806 g/mol. The second-order valence-electron chi connectivity index (χ2n) is 16.9. The Bertz CT molecular complexity index is 2210. The molecular formula is C44H55FN10O4. The fraction of sp³-hybridized carbons (Fsp3) is 0.500. The number of likely N-dealkylation sites (N-methyl/N-ethyl adjacent to an activating group) is 1. The zero-order chi connectivity index (χ0) is 41.2. The summed E-state index contributed by atoms with van der Waals surface area (Å²) in [5.74, 6) is -0.747. The van der Waals surface area contributed by atoms with Gasteiger partial charge in [-0.3, -0.25) is 34.3 Å². The lowest BCUT2D eigenvalue weighted by Crippen LogP contribution is -2.54. The number of piperidine rings is 1. The largest absolute Gasteiger partial charge is 0.370 e. The minimum atomic E-state index is -0.879. The Morgan fingerprint density at radius 2 is 1.66 bits per heavy atom. The average Bonchev–Trinajstić information content (AvgIpc) is 3.64. The Morgan fingerprint density at radius 3 is 2.39 bits per heavy atom. The molecule has 0 saturated carbocycles. The van der Waals surface area contributed by atoms with Crippen molar-refractivity contribution in [1.29, 1.82) is 0 Å². The fourth-order valence-corrected chi connectivity index (χ4v) is 9.13. The van der Waals surface area contributed by atoms with E-state index in [-0.39, 0.29) is 36.4 Å². The Labute approximate surface area is 344 Å². The zero-order valence-corrected chi connectivity index (χ0v) is 34.3. The molecule has 14 nitrogen and oxygen atoms in total. The molecule has 2 unspecified atom stereocenters. The van der Waals surface area contributed by atoms with Gasteiger partial charge in [0.05, 0.1) is 11.3 Å². The van der Waals surface area contributed by atoms with Gasteiger partial charge >= 0.3 is 0 Å². The third-order valence-electron chi connectivity index (χ3n) is 12.8. The number of halogens is 1. The summed E-state index contributed by atoms with van der Waals surface area (Å²) in [5, 5.41) is 13.8. The summed E-state index contributed by atoms with van der Waals surface area (Å²) in [6.07, 6.45) is 2.27. The molecule has 15 heteroatoms. The highest BCUT2D eigenvalue weighted by molar-refractivity contribution is 5.99. The predicted molar refractivity (Wildman–Crippen MR) is 225 cm³/mol. The van der Waals surface area contributed by atoms with Gasteiger partial charge in [-0.1, -0.05) is 29.5 Å². The number of amides is 3. The van der Waals surface area contributed by atoms with E-state index in [1.165, 1.54) is 11.3 Å². The molecule has 4 saturated heterocycles. The van der Waals surface area contributed by atoms with Gasteiger partial charge in [-0.05, 0) is 94.4 Å². The number of likely N-dealkylation sites (tertiary alicyclic amines) is 1. The number of aryl methyl sites for hydroxylation is 1. The van der Waals surface area contributed by atoms with E-state index in [2.05, 4.69) is 83.8 Å². The molecule has 3 atom stereocenters. The van der Waals surface area contributed by atoms with Gasteiger partial charge in [-0.2, -0.15) is 4.68 Å². The standard InChI is InChI=1S/C44H55FN10O4/c1-29-7-6-8-37(45)35(29)26-52-27-36(40(28-52)50(2)3)30-9-11-32(12-10-30)53-21-19-51(20-22-53)18-5-4-17-46-42(57)31-24-54(25-31)33-13-14-38-34(23-33)44(59)55(49-48-38)39-15-16-41(56)47-43(39)58/h6-14,23,31,36,39-40H,4-5,15-22,24-28H2,1-3H3,(H,46,57)(H,47,56,58)/t36?,39?,40-/m0/s1. The smallest absolute Gasteiger partial charge is 0.278 e. The van der Waals surface area contributed by atoms with Gasteiger partial charge in [0.2, 0.25) is 11.8 Å². The van der Waals surface area contributed by atoms with Crippen LogP contribution in [-0.4, -0.2) is 133 Å². The number of rotatable bonds is 13. The molecule has 4 aliphatic heterocycles. The summed E-state index contributed by atoms with van der Waals surface area (Å²) >= 11 is 0. The van der Waals surface area contributed by atoms with Crippen LogP contribution in [0.25, 0.3) is 10.9 Å². The molecule has 0 aliphatic carbocycles. The summed E-state index contributed by atoms with van der Waals surface area (Å²) in [6, 6.07) is 19.3. The van der Waals surface area contributed by atoms with Crippen LogP contribution in [0, 0.1) is 18.7 Å². The van der Waals surface area contributed by atoms with Crippen molar-refractivity contribution < 1.29 is 18.8 Å². The molecule has 59 heavy (non-hydrogen) atoms. The van der Waals surface area contributed by atoms with Crippen molar-refractivity contribution in [2.45, 2.75) is 57.2 Å². The maximum atomic E-state index is 14.6. The van der Waals surface area contributed by atoms with E-state index in [4.69, 9.17) is 0 Å². The molecular weight excluding hydrogens is 752 g/mol. The van der Waals surface area contributed by atoms with Gasteiger partial charge < -0.3 is 20.0 Å². The highest BCUT2D eigenvalue weighted by atomic mass is 19.1. The molecule has 3 aromatic carbocycles. The van der Waals surface area contributed by atoms with Gasteiger partial charge in [0.25, 0.3) is 11.5 Å². The molecule has 2 N–H and O–H groups in total. The van der Waals surface area contributed by atoms with Crippen LogP contribution in [-0.2, 0) is 20.9 Å². The number of carbonyl (C=O) groups is 3. The average molecular weight is 807 g/mol. The molecule has 4 fully saturated rings. The number of aromatic nitrogens is 3. The summed E-state index contributed by atoms with van der Waals surface area (Å²) in [5.41, 5.74) is 5.19. The number of hydrogen-bond donors (Lipinski definition) is 2. The molecule has 3 amide bonds. The molecule has 4 aliphatic rings. The highest BCUT2D eigenvalue weighted by Crippen LogP contribution is 2.33. The van der Waals surface area contributed by atoms with Gasteiger partial charge in [0.15, 0.2) is 0 Å². The van der Waals surface area contributed by atoms with Crippen LogP contribution in [0.5, 0.6) is 0 Å². The predicted octanol–water partition coefficient (Wildman–Crippen LogP) is 2.90. The number of hydrogen-bond acceptors (Lipinski definition) is 11. The van der Waals surface area contributed by atoms with Crippen LogP contribution < -0.4 is 26.0 Å². The molecule has 1 aromatic heterocycles. The van der Waals surface area contributed by atoms with Crippen LogP contribution in [0.3, 0.4) is 0 Å². The molecule has 8 rings (SSSR count). The van der Waals surface area contributed by atoms with Gasteiger partial charge in [-0.15, -0.1) is 5.10 Å². The van der Waals surface area contributed by atoms with Gasteiger partial charge in [-0.25, -0.2) is 4.39 Å². The van der Waals surface area contributed by atoms with E-state index in [1.54, 1.807) is 24.3 Å². The normalized spacial score (nSPS) is 21.9. The van der Waals surface area contributed by atoms with Crippen LogP contribution in [0.4, 0.5) is 15.8 Å². The van der Waals surface area contributed by atoms with E-state index in [0.29, 0.717) is 49.0 Å². The number of anilines is 2. The molecule has 0 spiro atoms. The van der Waals surface area contributed by atoms with Crippen molar-refractivity contribution in [3.8, 4) is 0 Å². The van der Waals surface area contributed by atoms with E-state index in [0.717, 1.165) is 80.2 Å². The van der Waals surface area contributed by atoms with E-state index < -0.39 is 17.5 Å². The number of carbonyl (C=O) groups excluding carboxylic acids is 3. The SMILES string of the molecule is Cc1cccc(F)c1CN1CC(c2ccc(N3CCN(CCCCNC(=O)C4CN(c5ccc6nnn(C7CCC(=O)NC7=O)c(=O)c6c5)C4)CC3)cc2)[C@@H](N(C)C)C1. The maximum Gasteiger partial charge on any atom is 0.278 e. The molecule has 5 heterocycles. The Morgan fingerprint density at radius 1 is 0.898 bits per heavy atom. The second kappa shape index (κ2) is 17.5. The number of fused-ring (bicyclic) bond motifs is 1. The first-order chi connectivity index (χ1) is 28.5. The molecule has 0 radical (unpaired) electrons. The molecule has 0 bridgehead atoms. The van der Waals surface area contributed by atoms with Gasteiger partial charge in [0.1, 0.15) is 17.4 Å². The highest BCUT2D eigenvalue weighted by Gasteiger charge is 2.36.